The second-order valence-electron chi connectivity index (χ2n) is 5.01. The highest BCUT2D eigenvalue weighted by molar-refractivity contribution is 5.29. The number of nitrogens with zero attached hydrogens (tertiary/aromatic N) is 2. The van der Waals surface area contributed by atoms with Crippen molar-refractivity contribution in [1.29, 1.82) is 0 Å². The Morgan fingerprint density at radius 1 is 1.35 bits per heavy atom. The molecule has 1 aromatic rings. The Morgan fingerprint density at radius 2 is 2.12 bits per heavy atom. The molecule has 0 amide bonds. The first-order chi connectivity index (χ1) is 8.15. The molecule has 0 bridgehead atoms. The van der Waals surface area contributed by atoms with Crippen LogP contribution in [-0.4, -0.2) is 22.1 Å². The highest BCUT2D eigenvalue weighted by Crippen LogP contribution is 2.30. The lowest BCUT2D eigenvalue weighted by Gasteiger charge is -2.31. The predicted molar refractivity (Wildman–Crippen MR) is 68.2 cm³/mol. The predicted octanol–water partition coefficient (Wildman–Crippen LogP) is 2.86. The molecule has 94 valence electrons. The second-order valence-corrected chi connectivity index (χ2v) is 5.01. The molecular formula is C13H21N3O. The molecule has 1 aliphatic carbocycles. The maximum absolute atomic E-state index is 5.55. The van der Waals surface area contributed by atoms with Crippen LogP contribution in [0.4, 0.5) is 5.95 Å². The molecule has 0 aliphatic heterocycles. The van der Waals surface area contributed by atoms with Gasteiger partial charge in [-0.2, -0.15) is 4.98 Å². The molecule has 0 spiro atoms. The van der Waals surface area contributed by atoms with Gasteiger partial charge >= 0.3 is 0 Å². The van der Waals surface area contributed by atoms with Crippen molar-refractivity contribution in [3.63, 3.8) is 0 Å². The Kier molecular flexibility index (Phi) is 3.82. The van der Waals surface area contributed by atoms with Gasteiger partial charge in [0, 0.05) is 18.3 Å². The van der Waals surface area contributed by atoms with E-state index < -0.39 is 0 Å². The molecule has 0 radical (unpaired) electrons. The van der Waals surface area contributed by atoms with Crippen molar-refractivity contribution in [1.82, 2.24) is 9.97 Å². The van der Waals surface area contributed by atoms with Crippen molar-refractivity contribution in [2.24, 2.45) is 5.92 Å². The lowest BCUT2D eigenvalue weighted by molar-refractivity contribution is 0.232. The van der Waals surface area contributed by atoms with E-state index in [1.54, 1.807) is 12.3 Å². The summed E-state index contributed by atoms with van der Waals surface area (Å²) in [6, 6.07) is 2.23. The van der Waals surface area contributed by atoms with E-state index in [9.17, 15) is 0 Å². The number of anilines is 1. The van der Waals surface area contributed by atoms with Gasteiger partial charge in [-0.3, -0.25) is 0 Å². The van der Waals surface area contributed by atoms with E-state index in [0.717, 1.165) is 5.92 Å². The SMILES string of the molecule is CC(C)Oc1ccnc(NC(C)C2CCC2)n1. The van der Waals surface area contributed by atoms with Crippen molar-refractivity contribution in [3.05, 3.63) is 12.3 Å². The molecule has 1 saturated carbocycles. The Bertz CT molecular complexity index is 363. The third kappa shape index (κ3) is 3.32. The zero-order valence-corrected chi connectivity index (χ0v) is 10.8. The summed E-state index contributed by atoms with van der Waals surface area (Å²) in [5, 5.41) is 3.36. The smallest absolute Gasteiger partial charge is 0.226 e. The third-order valence-electron chi connectivity index (χ3n) is 3.20. The Morgan fingerprint density at radius 3 is 2.71 bits per heavy atom. The monoisotopic (exact) mass is 235 g/mol. The number of rotatable bonds is 5. The molecule has 2 rings (SSSR count). The van der Waals surface area contributed by atoms with Crippen molar-refractivity contribution in [2.75, 3.05) is 5.32 Å². The van der Waals surface area contributed by atoms with E-state index in [4.69, 9.17) is 4.74 Å². The van der Waals surface area contributed by atoms with Crippen LogP contribution in [0.5, 0.6) is 5.88 Å². The van der Waals surface area contributed by atoms with Gasteiger partial charge in [-0.25, -0.2) is 4.98 Å². The summed E-state index contributed by atoms with van der Waals surface area (Å²) in [5.41, 5.74) is 0. The van der Waals surface area contributed by atoms with Gasteiger partial charge in [-0.1, -0.05) is 6.42 Å². The summed E-state index contributed by atoms with van der Waals surface area (Å²) >= 11 is 0. The quantitative estimate of drug-likeness (QED) is 0.852. The van der Waals surface area contributed by atoms with E-state index >= 15 is 0 Å². The molecule has 1 N–H and O–H groups in total. The summed E-state index contributed by atoms with van der Waals surface area (Å²) in [6.45, 7) is 6.18. The highest BCUT2D eigenvalue weighted by Gasteiger charge is 2.24. The first kappa shape index (κ1) is 12.1. The topological polar surface area (TPSA) is 47.0 Å². The molecule has 1 unspecified atom stereocenters. The molecule has 4 nitrogen and oxygen atoms in total. The van der Waals surface area contributed by atoms with Crippen LogP contribution < -0.4 is 10.1 Å². The van der Waals surface area contributed by atoms with Gasteiger partial charge in [0.25, 0.3) is 0 Å². The molecule has 0 saturated heterocycles. The summed E-state index contributed by atoms with van der Waals surface area (Å²) in [4.78, 5) is 8.57. The van der Waals surface area contributed by atoms with Crippen LogP contribution in [0.25, 0.3) is 0 Å². The lowest BCUT2D eigenvalue weighted by Crippen LogP contribution is -2.31. The molecule has 17 heavy (non-hydrogen) atoms. The Balaban J connectivity index is 1.95. The van der Waals surface area contributed by atoms with Crippen molar-refractivity contribution in [3.8, 4) is 5.88 Å². The van der Waals surface area contributed by atoms with Crippen molar-refractivity contribution in [2.45, 2.75) is 52.2 Å². The molecule has 1 atom stereocenters. The minimum absolute atomic E-state index is 0.141. The van der Waals surface area contributed by atoms with Gasteiger partial charge in [-0.15, -0.1) is 0 Å². The maximum atomic E-state index is 5.55. The molecule has 1 aliphatic rings. The van der Waals surface area contributed by atoms with Crippen LogP contribution in [0, 0.1) is 5.92 Å². The number of aromatic nitrogens is 2. The van der Waals surface area contributed by atoms with E-state index in [-0.39, 0.29) is 6.10 Å². The zero-order chi connectivity index (χ0) is 12.3. The highest BCUT2D eigenvalue weighted by atomic mass is 16.5. The minimum Gasteiger partial charge on any atom is -0.475 e. The van der Waals surface area contributed by atoms with Gasteiger partial charge in [-0.05, 0) is 39.5 Å². The Hall–Kier alpha value is -1.32. The first-order valence-corrected chi connectivity index (χ1v) is 6.41. The molecular weight excluding hydrogens is 214 g/mol. The average Bonchev–Trinajstić information content (AvgIpc) is 2.13. The summed E-state index contributed by atoms with van der Waals surface area (Å²) in [5.74, 6) is 2.08. The van der Waals surface area contributed by atoms with Gasteiger partial charge in [0.1, 0.15) is 0 Å². The van der Waals surface area contributed by atoms with Crippen LogP contribution in [0.2, 0.25) is 0 Å². The summed E-state index contributed by atoms with van der Waals surface area (Å²) < 4.78 is 5.55. The van der Waals surface area contributed by atoms with Gasteiger partial charge < -0.3 is 10.1 Å². The van der Waals surface area contributed by atoms with Crippen LogP contribution in [0.3, 0.4) is 0 Å². The number of hydrogen-bond acceptors (Lipinski definition) is 4. The van der Waals surface area contributed by atoms with Crippen LogP contribution in [0.1, 0.15) is 40.0 Å². The van der Waals surface area contributed by atoms with E-state index in [2.05, 4.69) is 22.2 Å². The van der Waals surface area contributed by atoms with Gasteiger partial charge in [0.2, 0.25) is 11.8 Å². The second kappa shape index (κ2) is 5.34. The first-order valence-electron chi connectivity index (χ1n) is 6.41. The van der Waals surface area contributed by atoms with E-state index in [1.165, 1.54) is 19.3 Å². The van der Waals surface area contributed by atoms with Crippen molar-refractivity contribution >= 4 is 5.95 Å². The van der Waals surface area contributed by atoms with E-state index in [1.807, 2.05) is 13.8 Å². The summed E-state index contributed by atoms with van der Waals surface area (Å²) in [6.07, 6.45) is 5.86. The third-order valence-corrected chi connectivity index (χ3v) is 3.20. The average molecular weight is 235 g/mol. The summed E-state index contributed by atoms with van der Waals surface area (Å²) in [7, 11) is 0. The normalized spacial score (nSPS) is 17.6. The number of hydrogen-bond donors (Lipinski definition) is 1. The standard InChI is InChI=1S/C13H21N3O/c1-9(2)17-12-7-8-14-13(16-12)15-10(3)11-5-4-6-11/h7-11H,4-6H2,1-3H3,(H,14,15,16). The lowest BCUT2D eigenvalue weighted by atomic mass is 9.80. The fourth-order valence-corrected chi connectivity index (χ4v) is 1.98. The maximum Gasteiger partial charge on any atom is 0.226 e. The fraction of sp³-hybridized carbons (Fsp3) is 0.692. The molecule has 4 heteroatoms. The number of nitrogens with one attached hydrogen (secondary N) is 1. The van der Waals surface area contributed by atoms with Crippen LogP contribution in [-0.2, 0) is 0 Å². The molecule has 1 aromatic heterocycles. The zero-order valence-electron chi connectivity index (χ0n) is 10.8. The van der Waals surface area contributed by atoms with Gasteiger partial charge in [0.15, 0.2) is 0 Å². The fourth-order valence-electron chi connectivity index (χ4n) is 1.98. The van der Waals surface area contributed by atoms with Crippen LogP contribution in [0.15, 0.2) is 12.3 Å². The van der Waals surface area contributed by atoms with E-state index in [0.29, 0.717) is 17.9 Å². The molecule has 0 aromatic carbocycles. The molecule has 1 fully saturated rings. The largest absolute Gasteiger partial charge is 0.475 e. The Labute approximate surface area is 103 Å². The minimum atomic E-state index is 0.141. The van der Waals surface area contributed by atoms with Gasteiger partial charge in [0.05, 0.1) is 6.10 Å². The van der Waals surface area contributed by atoms with Crippen LogP contribution >= 0.6 is 0 Å². The molecule has 1 heterocycles. The number of ether oxygens (including phenoxy) is 1. The van der Waals surface area contributed by atoms with Crippen molar-refractivity contribution < 1.29 is 4.74 Å².